The molecule has 2 saturated heterocycles. The van der Waals surface area contributed by atoms with Gasteiger partial charge in [0.2, 0.25) is 0 Å². The van der Waals surface area contributed by atoms with Crippen LogP contribution in [0.1, 0.15) is 17.2 Å². The topological polar surface area (TPSA) is 92.2 Å². The van der Waals surface area contributed by atoms with Gasteiger partial charge in [-0.15, -0.1) is 0 Å². The summed E-state index contributed by atoms with van der Waals surface area (Å²) < 4.78 is 10.6. The van der Waals surface area contributed by atoms with Gasteiger partial charge in [0.05, 0.1) is 31.9 Å². The van der Waals surface area contributed by atoms with Gasteiger partial charge >= 0.3 is 0 Å². The maximum absolute atomic E-state index is 13.0. The molecule has 1 unspecified atom stereocenters. The molecule has 31 heavy (non-hydrogen) atoms. The van der Waals surface area contributed by atoms with Crippen LogP contribution in [0, 0.1) is 0 Å². The highest BCUT2D eigenvalue weighted by molar-refractivity contribution is 6.46. The lowest BCUT2D eigenvalue weighted by atomic mass is 9.95. The highest BCUT2D eigenvalue weighted by Crippen LogP contribution is 2.39. The van der Waals surface area contributed by atoms with Crippen LogP contribution >= 0.6 is 0 Å². The van der Waals surface area contributed by atoms with E-state index in [9.17, 15) is 14.7 Å². The number of morpholine rings is 1. The molecule has 8 heteroatoms. The fourth-order valence-corrected chi connectivity index (χ4v) is 3.98. The van der Waals surface area contributed by atoms with Gasteiger partial charge in [-0.3, -0.25) is 19.5 Å². The van der Waals surface area contributed by atoms with Crippen molar-refractivity contribution in [1.29, 1.82) is 0 Å². The monoisotopic (exact) mass is 423 g/mol. The fourth-order valence-electron chi connectivity index (χ4n) is 3.98. The zero-order valence-electron chi connectivity index (χ0n) is 17.4. The van der Waals surface area contributed by atoms with E-state index in [1.807, 2.05) is 12.1 Å². The summed E-state index contributed by atoms with van der Waals surface area (Å²) in [7, 11) is 1.58. The van der Waals surface area contributed by atoms with Gasteiger partial charge in [-0.05, 0) is 29.8 Å². The van der Waals surface area contributed by atoms with Gasteiger partial charge in [-0.25, -0.2) is 0 Å². The van der Waals surface area contributed by atoms with E-state index in [-0.39, 0.29) is 11.3 Å². The number of aliphatic hydroxyl groups is 1. The first-order chi connectivity index (χ1) is 15.1. The van der Waals surface area contributed by atoms with E-state index in [2.05, 4.69) is 9.88 Å². The van der Waals surface area contributed by atoms with Crippen LogP contribution in [0.3, 0.4) is 0 Å². The highest BCUT2D eigenvalue weighted by Gasteiger charge is 2.46. The van der Waals surface area contributed by atoms with Crippen LogP contribution in [0.15, 0.2) is 54.4 Å². The number of ether oxygens (including phenoxy) is 2. The lowest BCUT2D eigenvalue weighted by Gasteiger charge is -2.31. The van der Waals surface area contributed by atoms with Crippen LogP contribution in [-0.2, 0) is 14.3 Å². The number of hydrogen-bond acceptors (Lipinski definition) is 7. The Morgan fingerprint density at radius 2 is 1.77 bits per heavy atom. The van der Waals surface area contributed by atoms with E-state index in [4.69, 9.17) is 9.47 Å². The Balaban J connectivity index is 1.72. The van der Waals surface area contributed by atoms with Gasteiger partial charge in [0.1, 0.15) is 11.5 Å². The number of methoxy groups -OCH3 is 1. The van der Waals surface area contributed by atoms with E-state index >= 15 is 0 Å². The normalized spacial score (nSPS) is 21.5. The average Bonchev–Trinajstić information content (AvgIpc) is 3.08. The molecule has 1 atom stereocenters. The molecule has 4 rings (SSSR count). The van der Waals surface area contributed by atoms with Crippen molar-refractivity contribution in [3.8, 4) is 5.75 Å². The molecule has 0 bridgehead atoms. The number of hydrogen-bond donors (Lipinski definition) is 1. The van der Waals surface area contributed by atoms with Crippen LogP contribution in [0.5, 0.6) is 5.75 Å². The number of amides is 1. The third-order valence-electron chi connectivity index (χ3n) is 5.69. The van der Waals surface area contributed by atoms with Gasteiger partial charge in [-0.2, -0.15) is 0 Å². The predicted molar refractivity (Wildman–Crippen MR) is 113 cm³/mol. The summed E-state index contributed by atoms with van der Waals surface area (Å²) in [6.07, 6.45) is 3.07. The molecular formula is C23H25N3O5. The maximum Gasteiger partial charge on any atom is 0.295 e. The van der Waals surface area contributed by atoms with Crippen molar-refractivity contribution in [2.24, 2.45) is 0 Å². The number of nitrogens with zero attached hydrogens (tertiary/aromatic N) is 3. The first-order valence-electron chi connectivity index (χ1n) is 10.2. The first-order valence-corrected chi connectivity index (χ1v) is 10.2. The molecule has 0 spiro atoms. The van der Waals surface area contributed by atoms with Crippen LogP contribution in [0.2, 0.25) is 0 Å². The van der Waals surface area contributed by atoms with Gasteiger partial charge < -0.3 is 19.5 Å². The molecule has 2 aliphatic heterocycles. The summed E-state index contributed by atoms with van der Waals surface area (Å²) in [5, 5.41) is 11.0. The molecule has 2 aromatic rings. The number of ketones is 1. The Morgan fingerprint density at radius 1 is 1.10 bits per heavy atom. The van der Waals surface area contributed by atoms with Crippen molar-refractivity contribution in [3.63, 3.8) is 0 Å². The molecule has 0 aliphatic carbocycles. The summed E-state index contributed by atoms with van der Waals surface area (Å²) in [6.45, 7) is 3.88. The number of likely N-dealkylation sites (tertiary alicyclic amines) is 1. The summed E-state index contributed by atoms with van der Waals surface area (Å²) in [6, 6.07) is 9.74. The molecule has 0 radical (unpaired) electrons. The summed E-state index contributed by atoms with van der Waals surface area (Å²) >= 11 is 0. The second-order valence-corrected chi connectivity index (χ2v) is 7.46. The van der Waals surface area contributed by atoms with Gasteiger partial charge in [-0.1, -0.05) is 12.1 Å². The number of pyridine rings is 1. The Kier molecular flexibility index (Phi) is 6.29. The minimum absolute atomic E-state index is 0.0864. The van der Waals surface area contributed by atoms with Crippen molar-refractivity contribution in [2.45, 2.75) is 6.04 Å². The Hall–Kier alpha value is -3.23. The highest BCUT2D eigenvalue weighted by atomic mass is 16.5. The third kappa shape index (κ3) is 4.30. The molecular weight excluding hydrogens is 398 g/mol. The fraction of sp³-hybridized carbons (Fsp3) is 0.348. The minimum Gasteiger partial charge on any atom is -0.507 e. The Labute approximate surface area is 180 Å². The summed E-state index contributed by atoms with van der Waals surface area (Å²) in [5.74, 6) is -0.819. The number of rotatable bonds is 6. The molecule has 1 N–H and O–H groups in total. The summed E-state index contributed by atoms with van der Waals surface area (Å²) in [5.41, 5.74) is 1.26. The van der Waals surface area contributed by atoms with Crippen LogP contribution < -0.4 is 4.74 Å². The standard InChI is InChI=1S/C23H25N3O5/c1-30-18-4-2-16(3-5-18)20-19(21(27)17-6-8-24-9-7-17)22(28)23(29)26(20)11-10-25-12-14-31-15-13-25/h2-9,20,27H,10-15H2,1H3/b21-19+. The Morgan fingerprint density at radius 3 is 2.42 bits per heavy atom. The second-order valence-electron chi connectivity index (χ2n) is 7.46. The number of carbonyl (C=O) groups excluding carboxylic acids is 2. The SMILES string of the molecule is COc1ccc(C2/C(=C(\O)c3ccncc3)C(=O)C(=O)N2CCN2CCOCC2)cc1. The van der Waals surface area contributed by atoms with Gasteiger partial charge in [0.15, 0.2) is 0 Å². The number of aliphatic hydroxyl groups excluding tert-OH is 1. The molecule has 0 saturated carbocycles. The van der Waals surface area contributed by atoms with Crippen LogP contribution in [0.25, 0.3) is 5.76 Å². The molecule has 1 aromatic heterocycles. The number of Topliss-reactive ketones (excluding diaryl/α,β-unsaturated/α-hetero) is 1. The second kappa shape index (κ2) is 9.28. The molecule has 162 valence electrons. The molecule has 2 aliphatic rings. The average molecular weight is 423 g/mol. The molecule has 1 amide bonds. The lowest BCUT2D eigenvalue weighted by molar-refractivity contribution is -0.140. The van der Waals surface area contributed by atoms with E-state index < -0.39 is 17.7 Å². The third-order valence-corrected chi connectivity index (χ3v) is 5.69. The maximum atomic E-state index is 13.0. The molecule has 2 fully saturated rings. The molecule has 3 heterocycles. The lowest BCUT2D eigenvalue weighted by Crippen LogP contribution is -2.42. The van der Waals surface area contributed by atoms with E-state index in [0.717, 1.165) is 18.7 Å². The van der Waals surface area contributed by atoms with E-state index in [1.165, 1.54) is 12.4 Å². The van der Waals surface area contributed by atoms with Crippen molar-refractivity contribution in [3.05, 3.63) is 65.5 Å². The molecule has 8 nitrogen and oxygen atoms in total. The number of benzene rings is 1. The first kappa shape index (κ1) is 21.0. The number of carbonyl (C=O) groups is 2. The smallest absolute Gasteiger partial charge is 0.295 e. The van der Waals surface area contributed by atoms with Crippen molar-refractivity contribution in [2.75, 3.05) is 46.5 Å². The quantitative estimate of drug-likeness (QED) is 0.431. The van der Waals surface area contributed by atoms with Crippen molar-refractivity contribution in [1.82, 2.24) is 14.8 Å². The van der Waals surface area contributed by atoms with E-state index in [0.29, 0.717) is 37.6 Å². The van der Waals surface area contributed by atoms with Crippen LogP contribution in [0.4, 0.5) is 0 Å². The van der Waals surface area contributed by atoms with E-state index in [1.54, 1.807) is 36.3 Å². The van der Waals surface area contributed by atoms with Crippen molar-refractivity contribution < 1.29 is 24.2 Å². The molecule has 1 aromatic carbocycles. The number of aromatic nitrogens is 1. The Bertz CT molecular complexity index is 968. The zero-order valence-corrected chi connectivity index (χ0v) is 17.4. The largest absolute Gasteiger partial charge is 0.507 e. The zero-order chi connectivity index (χ0) is 21.8. The predicted octanol–water partition coefficient (Wildman–Crippen LogP) is 1.84. The van der Waals surface area contributed by atoms with Crippen molar-refractivity contribution >= 4 is 17.4 Å². The summed E-state index contributed by atoms with van der Waals surface area (Å²) in [4.78, 5) is 33.7. The van der Waals surface area contributed by atoms with Crippen LogP contribution in [-0.4, -0.2) is 78.1 Å². The minimum atomic E-state index is -0.683. The van der Waals surface area contributed by atoms with Gasteiger partial charge in [0, 0.05) is 44.1 Å². The van der Waals surface area contributed by atoms with Gasteiger partial charge in [0.25, 0.3) is 11.7 Å².